The van der Waals surface area contributed by atoms with Gasteiger partial charge in [-0.15, -0.1) is 0 Å². The largest absolute Gasteiger partial charge is 0.376 e. The maximum Gasteiger partial charge on any atom is 0.248 e. The molecular formula is C19H34F2O2. The van der Waals surface area contributed by atoms with Crippen molar-refractivity contribution in [2.45, 2.75) is 115 Å². The van der Waals surface area contributed by atoms with Crippen LogP contribution in [0, 0.1) is 5.92 Å². The number of ether oxygens (including phenoxy) is 2. The van der Waals surface area contributed by atoms with Gasteiger partial charge in [-0.1, -0.05) is 12.8 Å². The van der Waals surface area contributed by atoms with Crippen LogP contribution in [0.25, 0.3) is 0 Å². The number of rotatable bonds is 7. The number of alkyl halides is 2. The van der Waals surface area contributed by atoms with Gasteiger partial charge in [-0.25, -0.2) is 8.78 Å². The van der Waals surface area contributed by atoms with E-state index < -0.39 is 5.92 Å². The highest BCUT2D eigenvalue weighted by atomic mass is 19.3. The van der Waals surface area contributed by atoms with Crippen molar-refractivity contribution in [2.24, 2.45) is 5.92 Å². The summed E-state index contributed by atoms with van der Waals surface area (Å²) in [5.41, 5.74) is 0. The van der Waals surface area contributed by atoms with E-state index >= 15 is 0 Å². The molecular weight excluding hydrogens is 298 g/mol. The molecule has 0 amide bonds. The summed E-state index contributed by atoms with van der Waals surface area (Å²) in [7, 11) is 0. The molecule has 0 radical (unpaired) electrons. The van der Waals surface area contributed by atoms with Gasteiger partial charge in [-0.2, -0.15) is 0 Å². The van der Waals surface area contributed by atoms with Crippen LogP contribution in [-0.4, -0.2) is 30.3 Å². The molecule has 0 aromatic heterocycles. The Morgan fingerprint density at radius 1 is 0.957 bits per heavy atom. The average Bonchev–Trinajstić information content (AvgIpc) is 2.47. The molecule has 0 saturated heterocycles. The third-order valence-corrected chi connectivity index (χ3v) is 5.27. The molecule has 4 heteroatoms. The van der Waals surface area contributed by atoms with E-state index in [1.165, 1.54) is 32.1 Å². The van der Waals surface area contributed by atoms with Gasteiger partial charge in [-0.3, -0.25) is 0 Å². The lowest BCUT2D eigenvalue weighted by Crippen LogP contribution is -2.31. The van der Waals surface area contributed by atoms with Gasteiger partial charge in [0.25, 0.3) is 0 Å². The fraction of sp³-hybridized carbons (Fsp3) is 1.00. The Kier molecular flexibility index (Phi) is 7.27. The summed E-state index contributed by atoms with van der Waals surface area (Å²) in [6, 6.07) is 0. The van der Waals surface area contributed by atoms with Gasteiger partial charge in [0.05, 0.1) is 24.4 Å². The molecule has 0 aromatic rings. The molecule has 2 aliphatic rings. The molecule has 23 heavy (non-hydrogen) atoms. The van der Waals surface area contributed by atoms with Gasteiger partial charge in [-0.05, 0) is 65.2 Å². The zero-order chi connectivity index (χ0) is 16.9. The molecule has 0 heterocycles. The van der Waals surface area contributed by atoms with E-state index in [2.05, 4.69) is 20.8 Å². The fourth-order valence-corrected chi connectivity index (χ4v) is 4.03. The van der Waals surface area contributed by atoms with E-state index in [9.17, 15) is 8.78 Å². The number of hydrogen-bond acceptors (Lipinski definition) is 2. The van der Waals surface area contributed by atoms with Crippen molar-refractivity contribution in [3.05, 3.63) is 0 Å². The summed E-state index contributed by atoms with van der Waals surface area (Å²) in [4.78, 5) is 0. The lowest BCUT2D eigenvalue weighted by atomic mass is 9.83. The monoisotopic (exact) mass is 332 g/mol. The fourth-order valence-electron chi connectivity index (χ4n) is 4.03. The number of hydrogen-bond donors (Lipinski definition) is 0. The molecule has 2 aliphatic carbocycles. The van der Waals surface area contributed by atoms with E-state index in [0.29, 0.717) is 25.0 Å². The van der Waals surface area contributed by atoms with Crippen LogP contribution in [0.1, 0.15) is 85.0 Å². The van der Waals surface area contributed by atoms with Crippen molar-refractivity contribution in [1.82, 2.24) is 0 Å². The Morgan fingerprint density at radius 3 is 2.30 bits per heavy atom. The zero-order valence-corrected chi connectivity index (χ0v) is 15.0. The minimum absolute atomic E-state index is 0.0127. The molecule has 2 saturated carbocycles. The predicted octanol–water partition coefficient (Wildman–Crippen LogP) is 5.73. The van der Waals surface area contributed by atoms with Gasteiger partial charge in [0, 0.05) is 12.8 Å². The first kappa shape index (κ1) is 19.1. The first-order chi connectivity index (χ1) is 10.8. The minimum Gasteiger partial charge on any atom is -0.376 e. The van der Waals surface area contributed by atoms with Gasteiger partial charge in [0.15, 0.2) is 0 Å². The smallest absolute Gasteiger partial charge is 0.248 e. The topological polar surface area (TPSA) is 18.5 Å². The molecule has 0 bridgehead atoms. The van der Waals surface area contributed by atoms with Crippen LogP contribution in [0.4, 0.5) is 8.78 Å². The summed E-state index contributed by atoms with van der Waals surface area (Å²) in [5, 5.41) is 0. The Balaban J connectivity index is 1.63. The van der Waals surface area contributed by atoms with E-state index in [1.54, 1.807) is 0 Å². The minimum atomic E-state index is -2.46. The first-order valence-electron chi connectivity index (χ1n) is 9.53. The Bertz CT molecular complexity index is 336. The molecule has 0 aliphatic heterocycles. The maximum absolute atomic E-state index is 13.2. The van der Waals surface area contributed by atoms with Gasteiger partial charge in [0.1, 0.15) is 0 Å². The maximum atomic E-state index is 13.2. The average molecular weight is 332 g/mol. The molecule has 3 unspecified atom stereocenters. The Hall–Kier alpha value is -0.220. The predicted molar refractivity (Wildman–Crippen MR) is 89.0 cm³/mol. The molecule has 3 atom stereocenters. The lowest BCUT2D eigenvalue weighted by Gasteiger charge is -2.32. The van der Waals surface area contributed by atoms with Crippen LogP contribution >= 0.6 is 0 Å². The second kappa shape index (κ2) is 8.75. The summed E-state index contributed by atoms with van der Waals surface area (Å²) in [5.74, 6) is -1.73. The van der Waals surface area contributed by atoms with Crippen molar-refractivity contribution in [3.63, 3.8) is 0 Å². The van der Waals surface area contributed by atoms with E-state index in [1.807, 2.05) is 0 Å². The summed E-state index contributed by atoms with van der Waals surface area (Å²) in [6.45, 7) is 6.30. The SMILES string of the molecule is CC(C)OC1CCCC(CCC(C)OC2CCC(F)(F)CC2)C1. The lowest BCUT2D eigenvalue weighted by molar-refractivity contribution is -0.0978. The molecule has 2 rings (SSSR count). The highest BCUT2D eigenvalue weighted by Gasteiger charge is 2.35. The highest BCUT2D eigenvalue weighted by molar-refractivity contribution is 4.79. The second-order valence-electron chi connectivity index (χ2n) is 7.92. The highest BCUT2D eigenvalue weighted by Crippen LogP contribution is 2.35. The molecule has 0 N–H and O–H groups in total. The summed E-state index contributed by atoms with van der Waals surface area (Å²) < 4.78 is 38.3. The molecule has 136 valence electrons. The Labute approximate surface area is 140 Å². The van der Waals surface area contributed by atoms with Crippen molar-refractivity contribution in [2.75, 3.05) is 0 Å². The first-order valence-corrected chi connectivity index (χ1v) is 9.53. The van der Waals surface area contributed by atoms with Crippen LogP contribution in [0.2, 0.25) is 0 Å². The quantitative estimate of drug-likeness (QED) is 0.592. The van der Waals surface area contributed by atoms with Crippen LogP contribution in [0.15, 0.2) is 0 Å². The van der Waals surface area contributed by atoms with Crippen LogP contribution in [0.3, 0.4) is 0 Å². The normalized spacial score (nSPS) is 30.5. The van der Waals surface area contributed by atoms with E-state index in [-0.39, 0.29) is 25.0 Å². The standard InChI is InChI=1S/C19H34F2O2/c1-14(2)22-18-6-4-5-16(13-18)8-7-15(3)23-17-9-11-19(20,21)12-10-17/h14-18H,4-13H2,1-3H3. The number of halogens is 2. The van der Waals surface area contributed by atoms with Crippen molar-refractivity contribution >= 4 is 0 Å². The summed E-state index contributed by atoms with van der Waals surface area (Å²) >= 11 is 0. The molecule has 2 nitrogen and oxygen atoms in total. The third kappa shape index (κ3) is 7.04. The second-order valence-corrected chi connectivity index (χ2v) is 7.92. The van der Waals surface area contributed by atoms with Crippen LogP contribution in [-0.2, 0) is 9.47 Å². The summed E-state index contributed by atoms with van der Waals surface area (Å²) in [6.07, 6.45) is 9.04. The molecule has 0 spiro atoms. The van der Waals surface area contributed by atoms with Crippen molar-refractivity contribution < 1.29 is 18.3 Å². The van der Waals surface area contributed by atoms with Gasteiger partial charge < -0.3 is 9.47 Å². The Morgan fingerprint density at radius 2 is 1.65 bits per heavy atom. The van der Waals surface area contributed by atoms with Gasteiger partial charge >= 0.3 is 0 Å². The third-order valence-electron chi connectivity index (χ3n) is 5.27. The van der Waals surface area contributed by atoms with Gasteiger partial charge in [0.2, 0.25) is 5.92 Å². The van der Waals surface area contributed by atoms with Crippen LogP contribution < -0.4 is 0 Å². The molecule has 2 fully saturated rings. The van der Waals surface area contributed by atoms with Crippen LogP contribution in [0.5, 0.6) is 0 Å². The van der Waals surface area contributed by atoms with E-state index in [0.717, 1.165) is 12.3 Å². The zero-order valence-electron chi connectivity index (χ0n) is 15.0. The van der Waals surface area contributed by atoms with Crippen molar-refractivity contribution in [3.8, 4) is 0 Å². The molecule has 0 aromatic carbocycles. The van der Waals surface area contributed by atoms with Crippen molar-refractivity contribution in [1.29, 1.82) is 0 Å². The van der Waals surface area contributed by atoms with E-state index in [4.69, 9.17) is 9.47 Å².